The topological polar surface area (TPSA) is 59.2 Å². The molecule has 0 radical (unpaired) electrons. The van der Waals surface area contributed by atoms with Crippen molar-refractivity contribution in [3.63, 3.8) is 0 Å². The number of aromatic nitrogens is 1. The molecule has 24 heavy (non-hydrogen) atoms. The quantitative estimate of drug-likeness (QED) is 0.453. The molecule has 0 aliphatic rings. The summed E-state index contributed by atoms with van der Waals surface area (Å²) in [6.45, 7) is 0. The molecule has 0 amide bonds. The van der Waals surface area contributed by atoms with Crippen molar-refractivity contribution in [2.24, 2.45) is 0 Å². The van der Waals surface area contributed by atoms with Crippen LogP contribution in [0.2, 0.25) is 0 Å². The van der Waals surface area contributed by atoms with Gasteiger partial charge in [-0.25, -0.2) is 0 Å². The zero-order valence-electron chi connectivity index (χ0n) is 11.9. The summed E-state index contributed by atoms with van der Waals surface area (Å²) in [4.78, 5) is 2.95. The van der Waals surface area contributed by atoms with Gasteiger partial charge in [-0.15, -0.1) is 0 Å². The van der Waals surface area contributed by atoms with Gasteiger partial charge in [0.25, 0.3) is 0 Å². The second-order valence-corrected chi connectivity index (χ2v) is 11.1. The third-order valence-corrected chi connectivity index (χ3v) is 10.2. The number of alkyl halides is 3. The van der Waals surface area contributed by atoms with Crippen LogP contribution < -0.4 is 0 Å². The number of H-pyrrole nitrogens is 1. The zero-order valence-corrected chi connectivity index (χ0v) is 14.9. The SMILES string of the molecule is O=S(=O)(OI(c1ccccc1)c1c[nH]c2ccccc12)C(F)(F)F. The summed E-state index contributed by atoms with van der Waals surface area (Å²) < 4.78 is 67.1. The Balaban J connectivity index is 2.14. The molecule has 0 aliphatic carbocycles. The molecule has 0 bridgehead atoms. The zero-order chi connectivity index (χ0) is 17.4. The molecule has 1 heterocycles. The second kappa shape index (κ2) is 6.37. The minimum absolute atomic E-state index is 0.458. The molecule has 0 saturated carbocycles. The van der Waals surface area contributed by atoms with E-state index in [4.69, 9.17) is 2.51 Å². The monoisotopic (exact) mass is 469 g/mol. The standard InChI is InChI=1S/C15H11F3INO3S/c16-15(17,18)24(21,22)23-19(11-6-2-1-3-7-11)13-10-20-14-9-5-4-8-12(13)14/h1-10,20H. The molecule has 0 aliphatic heterocycles. The molecule has 9 heteroatoms. The Hall–Kier alpha value is -1.59. The Morgan fingerprint density at radius 2 is 1.58 bits per heavy atom. The Bertz CT molecular complexity index is 955. The van der Waals surface area contributed by atoms with Gasteiger partial charge in [-0.3, -0.25) is 0 Å². The molecular weight excluding hydrogens is 458 g/mol. The molecule has 2 aromatic carbocycles. The summed E-state index contributed by atoms with van der Waals surface area (Å²) in [6.07, 6.45) is 1.52. The molecule has 0 spiro atoms. The summed E-state index contributed by atoms with van der Waals surface area (Å²) in [5, 5.41) is 0.656. The van der Waals surface area contributed by atoms with E-state index >= 15 is 0 Å². The normalized spacial score (nSPS) is 13.2. The molecule has 0 saturated heterocycles. The van der Waals surface area contributed by atoms with Crippen LogP contribution in [0.15, 0.2) is 60.8 Å². The average molecular weight is 469 g/mol. The van der Waals surface area contributed by atoms with Crippen molar-refractivity contribution in [1.29, 1.82) is 0 Å². The Morgan fingerprint density at radius 3 is 2.25 bits per heavy atom. The molecule has 128 valence electrons. The molecule has 0 unspecified atom stereocenters. The molecule has 0 fully saturated rings. The predicted molar refractivity (Wildman–Crippen MR) is 92.2 cm³/mol. The van der Waals surface area contributed by atoms with E-state index in [-0.39, 0.29) is 0 Å². The number of halogens is 4. The summed E-state index contributed by atoms with van der Waals surface area (Å²) >= 11 is -3.33. The first-order valence-electron chi connectivity index (χ1n) is 6.62. The van der Waals surface area contributed by atoms with Gasteiger partial charge in [0.1, 0.15) is 0 Å². The first-order chi connectivity index (χ1) is 11.3. The van der Waals surface area contributed by atoms with Crippen molar-refractivity contribution in [2.45, 2.75) is 5.51 Å². The molecule has 1 aromatic heterocycles. The van der Waals surface area contributed by atoms with E-state index in [9.17, 15) is 21.6 Å². The van der Waals surface area contributed by atoms with Gasteiger partial charge in [0.2, 0.25) is 0 Å². The summed E-state index contributed by atoms with van der Waals surface area (Å²) in [5.41, 5.74) is -4.75. The average Bonchev–Trinajstić information content (AvgIpc) is 2.96. The van der Waals surface area contributed by atoms with E-state index in [0.717, 1.165) is 0 Å². The first kappa shape index (κ1) is 17.2. The molecule has 0 atom stereocenters. The van der Waals surface area contributed by atoms with E-state index in [1.54, 1.807) is 54.6 Å². The third-order valence-electron chi connectivity index (χ3n) is 3.08. The van der Waals surface area contributed by atoms with Gasteiger partial charge in [-0.05, 0) is 0 Å². The van der Waals surface area contributed by atoms with Crippen molar-refractivity contribution in [3.05, 3.63) is 67.9 Å². The van der Waals surface area contributed by atoms with Crippen LogP contribution in [0, 0.1) is 7.14 Å². The van der Waals surface area contributed by atoms with Gasteiger partial charge >= 0.3 is 144 Å². The minimum atomic E-state index is -5.68. The number of para-hydroxylation sites is 1. The summed E-state index contributed by atoms with van der Waals surface area (Å²) in [6, 6.07) is 15.1. The molecule has 4 nitrogen and oxygen atoms in total. The maximum absolute atomic E-state index is 12.8. The maximum atomic E-state index is 12.8. The van der Waals surface area contributed by atoms with Gasteiger partial charge in [0.15, 0.2) is 0 Å². The molecular formula is C15H11F3INO3S. The van der Waals surface area contributed by atoms with E-state index in [1.807, 2.05) is 0 Å². The summed E-state index contributed by atoms with van der Waals surface area (Å²) in [7, 11) is -5.68. The van der Waals surface area contributed by atoms with Gasteiger partial charge in [-0.1, -0.05) is 0 Å². The Morgan fingerprint density at radius 1 is 0.958 bits per heavy atom. The van der Waals surface area contributed by atoms with Crippen LogP contribution >= 0.6 is 20.2 Å². The molecule has 3 aromatic rings. The van der Waals surface area contributed by atoms with Crippen molar-refractivity contribution >= 4 is 41.3 Å². The van der Waals surface area contributed by atoms with Gasteiger partial charge in [0.05, 0.1) is 0 Å². The van der Waals surface area contributed by atoms with Crippen LogP contribution in [0.1, 0.15) is 0 Å². The fourth-order valence-electron chi connectivity index (χ4n) is 2.01. The molecule has 3 rings (SSSR count). The van der Waals surface area contributed by atoms with Crippen molar-refractivity contribution in [2.75, 3.05) is 0 Å². The van der Waals surface area contributed by atoms with Crippen LogP contribution in [0.4, 0.5) is 13.2 Å². The Kier molecular flexibility index (Phi) is 4.58. The number of hydrogen-bond donors (Lipinski definition) is 1. The number of aromatic amines is 1. The van der Waals surface area contributed by atoms with E-state index < -0.39 is 35.9 Å². The second-order valence-electron chi connectivity index (χ2n) is 4.69. The predicted octanol–water partition coefficient (Wildman–Crippen LogP) is 4.49. The number of benzene rings is 2. The van der Waals surface area contributed by atoms with Crippen LogP contribution in [0.3, 0.4) is 0 Å². The van der Waals surface area contributed by atoms with Crippen LogP contribution in [0.5, 0.6) is 0 Å². The van der Waals surface area contributed by atoms with Crippen LogP contribution in [-0.2, 0) is 12.6 Å². The number of nitrogens with one attached hydrogen (secondary N) is 1. The number of hydrogen-bond acceptors (Lipinski definition) is 3. The first-order valence-corrected chi connectivity index (χ1v) is 11.1. The van der Waals surface area contributed by atoms with Crippen molar-refractivity contribution in [1.82, 2.24) is 4.98 Å². The van der Waals surface area contributed by atoms with Crippen LogP contribution in [0.25, 0.3) is 10.9 Å². The fraction of sp³-hybridized carbons (Fsp3) is 0.0667. The number of rotatable bonds is 4. The molecule has 1 N–H and O–H groups in total. The van der Waals surface area contributed by atoms with E-state index in [2.05, 4.69) is 4.98 Å². The van der Waals surface area contributed by atoms with Crippen molar-refractivity contribution in [3.8, 4) is 0 Å². The Labute approximate surface area is 143 Å². The van der Waals surface area contributed by atoms with E-state index in [0.29, 0.717) is 18.0 Å². The number of fused-ring (bicyclic) bond motifs is 1. The van der Waals surface area contributed by atoms with Gasteiger partial charge < -0.3 is 0 Å². The fourth-order valence-corrected chi connectivity index (χ4v) is 8.80. The third kappa shape index (κ3) is 3.28. The van der Waals surface area contributed by atoms with Crippen molar-refractivity contribution < 1.29 is 24.1 Å². The van der Waals surface area contributed by atoms with E-state index in [1.165, 1.54) is 6.20 Å². The summed E-state index contributed by atoms with van der Waals surface area (Å²) in [5.74, 6) is 0. The van der Waals surface area contributed by atoms with Gasteiger partial charge in [0, 0.05) is 0 Å². The van der Waals surface area contributed by atoms with Crippen LogP contribution in [-0.4, -0.2) is 18.9 Å². The van der Waals surface area contributed by atoms with Gasteiger partial charge in [-0.2, -0.15) is 0 Å².